The molecule has 1 saturated carbocycles. The van der Waals surface area contributed by atoms with E-state index >= 15 is 0 Å². The number of benzene rings is 1. The molecule has 6 heteroatoms. The van der Waals surface area contributed by atoms with Gasteiger partial charge in [0.1, 0.15) is 6.04 Å². The van der Waals surface area contributed by atoms with E-state index in [0.29, 0.717) is 24.4 Å². The molecule has 2 aromatic rings. The molecule has 2 aliphatic rings. The monoisotopic (exact) mass is 331 g/mol. The van der Waals surface area contributed by atoms with Crippen LogP contribution in [0.15, 0.2) is 30.5 Å². The fourth-order valence-corrected chi connectivity index (χ4v) is 2.91. The molecule has 0 bridgehead atoms. The van der Waals surface area contributed by atoms with E-state index in [0.717, 1.165) is 10.9 Å². The Kier molecular flexibility index (Phi) is 4.22. The number of hydrogen-bond donors (Lipinski definition) is 2. The molecule has 0 unspecified atom stereocenters. The highest BCUT2D eigenvalue weighted by molar-refractivity contribution is 6.00. The number of amides is 2. The number of halogens is 1. The van der Waals surface area contributed by atoms with Crippen molar-refractivity contribution in [2.75, 3.05) is 6.54 Å². The van der Waals surface area contributed by atoms with Crippen molar-refractivity contribution in [2.45, 2.75) is 31.2 Å². The van der Waals surface area contributed by atoms with Crippen LogP contribution in [0.2, 0.25) is 0 Å². The van der Waals surface area contributed by atoms with Gasteiger partial charge in [0.2, 0.25) is 5.91 Å². The molecule has 1 aromatic carbocycles. The van der Waals surface area contributed by atoms with E-state index in [1.54, 1.807) is 6.20 Å². The second-order valence-corrected chi connectivity index (χ2v) is 6.06. The molecule has 2 amide bonds. The lowest BCUT2D eigenvalue weighted by atomic mass is 10.1. The van der Waals surface area contributed by atoms with Gasteiger partial charge in [0, 0.05) is 18.1 Å². The van der Waals surface area contributed by atoms with Gasteiger partial charge in [-0.05, 0) is 42.9 Å². The third-order valence-corrected chi connectivity index (χ3v) is 4.37. The van der Waals surface area contributed by atoms with E-state index in [9.17, 15) is 9.59 Å². The minimum Gasteiger partial charge on any atom is -0.354 e. The van der Waals surface area contributed by atoms with Crippen LogP contribution in [0.4, 0.5) is 0 Å². The van der Waals surface area contributed by atoms with Crippen LogP contribution >= 0.6 is 12.4 Å². The highest BCUT2D eigenvalue weighted by atomic mass is 35.5. The number of nitrogens with zero attached hydrogens (tertiary/aromatic N) is 1. The van der Waals surface area contributed by atoms with Crippen molar-refractivity contribution in [3.63, 3.8) is 0 Å². The van der Waals surface area contributed by atoms with E-state index in [1.165, 1.54) is 18.4 Å². The van der Waals surface area contributed by atoms with E-state index in [-0.39, 0.29) is 24.2 Å². The maximum atomic E-state index is 12.2. The SMILES string of the molecule is Cl.O=C(N[C@H]1CCNC1=O)c1cnc2cc(C3CC3)ccc2c1. The summed E-state index contributed by atoms with van der Waals surface area (Å²) in [5.41, 5.74) is 2.74. The molecule has 1 atom stereocenters. The van der Waals surface area contributed by atoms with Crippen LogP contribution in [-0.4, -0.2) is 29.4 Å². The second-order valence-electron chi connectivity index (χ2n) is 6.06. The van der Waals surface area contributed by atoms with Crippen LogP contribution in [0.1, 0.15) is 41.1 Å². The van der Waals surface area contributed by atoms with Crippen LogP contribution in [-0.2, 0) is 4.79 Å². The molecule has 1 saturated heterocycles. The Labute approximate surface area is 140 Å². The summed E-state index contributed by atoms with van der Waals surface area (Å²) in [6, 6.07) is 7.66. The largest absolute Gasteiger partial charge is 0.354 e. The average Bonchev–Trinajstić information content (AvgIpc) is 3.31. The van der Waals surface area contributed by atoms with E-state index < -0.39 is 6.04 Å². The molecular formula is C17H18ClN3O2. The van der Waals surface area contributed by atoms with Crippen molar-refractivity contribution < 1.29 is 9.59 Å². The van der Waals surface area contributed by atoms with E-state index in [1.807, 2.05) is 12.1 Å². The molecule has 1 aromatic heterocycles. The Morgan fingerprint density at radius 1 is 1.22 bits per heavy atom. The first-order chi connectivity index (χ1) is 10.7. The summed E-state index contributed by atoms with van der Waals surface area (Å²) in [5, 5.41) is 6.42. The quantitative estimate of drug-likeness (QED) is 0.905. The lowest BCUT2D eigenvalue weighted by molar-refractivity contribution is -0.120. The first kappa shape index (κ1) is 15.7. The lowest BCUT2D eigenvalue weighted by Gasteiger charge is -2.10. The minimum atomic E-state index is -0.430. The molecule has 2 heterocycles. The molecule has 1 aliphatic heterocycles. The van der Waals surface area contributed by atoms with Gasteiger partial charge in [-0.3, -0.25) is 14.6 Å². The molecule has 2 fully saturated rings. The molecule has 0 spiro atoms. The zero-order valence-electron chi connectivity index (χ0n) is 12.5. The maximum Gasteiger partial charge on any atom is 0.253 e. The highest BCUT2D eigenvalue weighted by Crippen LogP contribution is 2.40. The Morgan fingerprint density at radius 2 is 2.04 bits per heavy atom. The predicted molar refractivity (Wildman–Crippen MR) is 89.8 cm³/mol. The fraction of sp³-hybridized carbons (Fsp3) is 0.353. The number of nitrogens with one attached hydrogen (secondary N) is 2. The summed E-state index contributed by atoms with van der Waals surface area (Å²) in [4.78, 5) is 28.2. The highest BCUT2D eigenvalue weighted by Gasteiger charge is 2.26. The Morgan fingerprint density at radius 3 is 2.74 bits per heavy atom. The van der Waals surface area contributed by atoms with Crippen molar-refractivity contribution >= 4 is 35.1 Å². The smallest absolute Gasteiger partial charge is 0.253 e. The number of rotatable bonds is 3. The molecule has 23 heavy (non-hydrogen) atoms. The van der Waals surface area contributed by atoms with Gasteiger partial charge in [0.05, 0.1) is 11.1 Å². The summed E-state index contributed by atoms with van der Waals surface area (Å²) >= 11 is 0. The second kappa shape index (κ2) is 6.16. The van der Waals surface area contributed by atoms with Crippen LogP contribution in [0, 0.1) is 0 Å². The number of hydrogen-bond acceptors (Lipinski definition) is 3. The van der Waals surface area contributed by atoms with E-state index in [2.05, 4.69) is 27.8 Å². The van der Waals surface area contributed by atoms with Gasteiger partial charge < -0.3 is 10.6 Å². The third kappa shape index (κ3) is 3.15. The number of pyridine rings is 1. The average molecular weight is 332 g/mol. The first-order valence-electron chi connectivity index (χ1n) is 7.69. The van der Waals surface area contributed by atoms with E-state index in [4.69, 9.17) is 0 Å². The van der Waals surface area contributed by atoms with Gasteiger partial charge in [-0.25, -0.2) is 0 Å². The summed E-state index contributed by atoms with van der Waals surface area (Å²) in [7, 11) is 0. The van der Waals surface area contributed by atoms with Gasteiger partial charge in [0.15, 0.2) is 0 Å². The normalized spacial score (nSPS) is 20.0. The lowest BCUT2D eigenvalue weighted by Crippen LogP contribution is -2.40. The third-order valence-electron chi connectivity index (χ3n) is 4.37. The molecule has 2 N–H and O–H groups in total. The fourth-order valence-electron chi connectivity index (χ4n) is 2.91. The molecule has 0 radical (unpaired) electrons. The topological polar surface area (TPSA) is 71.1 Å². The summed E-state index contributed by atoms with van der Waals surface area (Å²) in [6.07, 6.45) is 4.74. The standard InChI is InChI=1S/C17H17N3O2.ClH/c21-16(20-14-5-6-18-17(14)22)13-7-12-4-3-11(10-1-2-10)8-15(12)19-9-13;/h3-4,7-10,14H,1-2,5-6H2,(H,18,22)(H,20,21);1H/t14-;/m0./s1. The molecular weight excluding hydrogens is 314 g/mol. The predicted octanol–water partition coefficient (Wildman–Crippen LogP) is 2.15. The van der Waals surface area contributed by atoms with Crippen LogP contribution in [0.3, 0.4) is 0 Å². The van der Waals surface area contributed by atoms with Gasteiger partial charge in [-0.15, -0.1) is 12.4 Å². The Hall–Kier alpha value is -2.14. The van der Waals surface area contributed by atoms with Gasteiger partial charge in [-0.1, -0.05) is 12.1 Å². The van der Waals surface area contributed by atoms with Crippen molar-refractivity contribution in [1.82, 2.24) is 15.6 Å². The summed E-state index contributed by atoms with van der Waals surface area (Å²) in [5.74, 6) is 0.328. The van der Waals surface area contributed by atoms with Crippen molar-refractivity contribution in [3.8, 4) is 0 Å². The minimum absolute atomic E-state index is 0. The van der Waals surface area contributed by atoms with Crippen LogP contribution in [0.25, 0.3) is 10.9 Å². The Bertz CT molecular complexity index is 774. The molecule has 4 rings (SSSR count). The number of carbonyl (C=O) groups is 2. The number of carbonyl (C=O) groups excluding carboxylic acids is 2. The zero-order valence-corrected chi connectivity index (χ0v) is 13.4. The van der Waals surface area contributed by atoms with Gasteiger partial charge in [-0.2, -0.15) is 0 Å². The summed E-state index contributed by atoms with van der Waals surface area (Å²) < 4.78 is 0. The maximum absolute atomic E-state index is 12.2. The zero-order chi connectivity index (χ0) is 15.1. The van der Waals surface area contributed by atoms with Crippen molar-refractivity contribution in [2.24, 2.45) is 0 Å². The molecule has 5 nitrogen and oxygen atoms in total. The molecule has 1 aliphatic carbocycles. The van der Waals surface area contributed by atoms with Crippen LogP contribution < -0.4 is 10.6 Å². The van der Waals surface area contributed by atoms with Gasteiger partial charge in [0.25, 0.3) is 5.91 Å². The van der Waals surface area contributed by atoms with Crippen LogP contribution in [0.5, 0.6) is 0 Å². The number of aromatic nitrogens is 1. The Balaban J connectivity index is 0.00000156. The summed E-state index contributed by atoms with van der Waals surface area (Å²) in [6.45, 7) is 0.615. The van der Waals surface area contributed by atoms with Crippen molar-refractivity contribution in [1.29, 1.82) is 0 Å². The molecule has 120 valence electrons. The van der Waals surface area contributed by atoms with Crippen molar-refractivity contribution in [3.05, 3.63) is 41.6 Å². The number of fused-ring (bicyclic) bond motifs is 1. The first-order valence-corrected chi connectivity index (χ1v) is 7.69. The van der Waals surface area contributed by atoms with Gasteiger partial charge >= 0.3 is 0 Å².